The first-order valence-corrected chi connectivity index (χ1v) is 9.06. The molecule has 1 unspecified atom stereocenters. The second-order valence-electron chi connectivity index (χ2n) is 7.53. The number of hydrogen-bond acceptors (Lipinski definition) is 2. The monoisotopic (exact) mass is 352 g/mol. The first-order chi connectivity index (χ1) is 12.3. The van der Waals surface area contributed by atoms with Gasteiger partial charge in [-0.05, 0) is 66.0 Å². The van der Waals surface area contributed by atoms with E-state index in [1.165, 1.54) is 11.1 Å². The molecule has 0 spiro atoms. The Labute approximate surface area is 155 Å². The van der Waals surface area contributed by atoms with Gasteiger partial charge in [0.2, 0.25) is 11.8 Å². The van der Waals surface area contributed by atoms with Crippen LogP contribution in [0.15, 0.2) is 42.5 Å². The molecule has 2 aromatic carbocycles. The molecule has 0 bridgehead atoms. The summed E-state index contributed by atoms with van der Waals surface area (Å²) in [4.78, 5) is 22.8. The summed E-state index contributed by atoms with van der Waals surface area (Å²) in [5.74, 6) is 0.122. The van der Waals surface area contributed by atoms with Gasteiger partial charge in [0, 0.05) is 11.1 Å². The third-order valence-electron chi connectivity index (χ3n) is 4.47. The lowest BCUT2D eigenvalue weighted by Crippen LogP contribution is -2.15. The highest BCUT2D eigenvalue weighted by molar-refractivity contribution is 5.94. The van der Waals surface area contributed by atoms with Crippen LogP contribution < -0.4 is 11.5 Å². The molecule has 0 saturated heterocycles. The lowest BCUT2D eigenvalue weighted by atomic mass is 9.90. The minimum Gasteiger partial charge on any atom is -0.366 e. The number of primary amides is 2. The third kappa shape index (κ3) is 5.45. The summed E-state index contributed by atoms with van der Waals surface area (Å²) in [5, 5.41) is 0. The number of benzene rings is 2. The second-order valence-corrected chi connectivity index (χ2v) is 7.53. The topological polar surface area (TPSA) is 86.2 Å². The molecule has 0 saturated carbocycles. The van der Waals surface area contributed by atoms with Crippen LogP contribution in [0.25, 0.3) is 0 Å². The van der Waals surface area contributed by atoms with Crippen molar-refractivity contribution in [1.29, 1.82) is 0 Å². The van der Waals surface area contributed by atoms with Gasteiger partial charge in [0.15, 0.2) is 0 Å². The molecule has 0 aromatic heterocycles. The summed E-state index contributed by atoms with van der Waals surface area (Å²) in [6.45, 7) is 6.47. The third-order valence-corrected chi connectivity index (χ3v) is 4.47. The minimum absolute atomic E-state index is 0.366. The highest BCUT2D eigenvalue weighted by Crippen LogP contribution is 2.20. The van der Waals surface area contributed by atoms with Gasteiger partial charge < -0.3 is 11.5 Å². The predicted octanol–water partition coefficient (Wildman–Crippen LogP) is 3.50. The summed E-state index contributed by atoms with van der Waals surface area (Å²) in [6, 6.07) is 13.4. The zero-order valence-corrected chi connectivity index (χ0v) is 15.8. The Morgan fingerprint density at radius 3 is 1.92 bits per heavy atom. The van der Waals surface area contributed by atoms with Crippen molar-refractivity contribution in [1.82, 2.24) is 0 Å². The zero-order chi connectivity index (χ0) is 19.3. The fourth-order valence-electron chi connectivity index (χ4n) is 3.31. The van der Waals surface area contributed by atoms with Gasteiger partial charge in [-0.3, -0.25) is 9.59 Å². The Hall–Kier alpha value is -2.62. The molecular weight excluding hydrogens is 324 g/mol. The number of carbonyl (C=O) groups excluding carboxylic acids is 2. The van der Waals surface area contributed by atoms with Gasteiger partial charge in [-0.1, -0.05) is 45.0 Å². The van der Waals surface area contributed by atoms with Gasteiger partial charge in [-0.2, -0.15) is 0 Å². The zero-order valence-electron chi connectivity index (χ0n) is 15.8. The summed E-state index contributed by atoms with van der Waals surface area (Å²) >= 11 is 0. The molecule has 4 heteroatoms. The van der Waals surface area contributed by atoms with Crippen LogP contribution in [0, 0.1) is 11.8 Å². The Kier molecular flexibility index (Phi) is 6.56. The van der Waals surface area contributed by atoms with E-state index in [0.717, 1.165) is 24.8 Å². The number of rotatable bonds is 8. The average molecular weight is 352 g/mol. The molecule has 1 atom stereocenters. The van der Waals surface area contributed by atoms with Crippen molar-refractivity contribution in [2.45, 2.75) is 40.0 Å². The van der Waals surface area contributed by atoms with Gasteiger partial charge in [-0.25, -0.2) is 0 Å². The van der Waals surface area contributed by atoms with Crippen molar-refractivity contribution in [2.24, 2.45) is 23.3 Å². The van der Waals surface area contributed by atoms with Gasteiger partial charge in [0.05, 0.1) is 0 Å². The van der Waals surface area contributed by atoms with E-state index in [9.17, 15) is 9.59 Å². The first kappa shape index (κ1) is 19.7. The molecule has 0 aliphatic carbocycles. The van der Waals surface area contributed by atoms with Gasteiger partial charge in [0.25, 0.3) is 0 Å². The molecule has 2 amide bonds. The van der Waals surface area contributed by atoms with Gasteiger partial charge in [0.1, 0.15) is 0 Å². The van der Waals surface area contributed by atoms with Crippen LogP contribution in [0.3, 0.4) is 0 Å². The number of amides is 2. The fourth-order valence-corrected chi connectivity index (χ4v) is 3.31. The normalized spacial score (nSPS) is 12.2. The summed E-state index contributed by atoms with van der Waals surface area (Å²) < 4.78 is 0. The molecule has 26 heavy (non-hydrogen) atoms. The van der Waals surface area contributed by atoms with Crippen LogP contribution in [-0.2, 0) is 19.3 Å². The van der Waals surface area contributed by atoms with E-state index in [2.05, 4.69) is 26.8 Å². The van der Waals surface area contributed by atoms with Crippen molar-refractivity contribution >= 4 is 11.8 Å². The largest absolute Gasteiger partial charge is 0.366 e. The average Bonchev–Trinajstić information content (AvgIpc) is 2.54. The lowest BCUT2D eigenvalue weighted by molar-refractivity contribution is 0.0991. The maximum Gasteiger partial charge on any atom is 0.248 e. The van der Waals surface area contributed by atoms with Crippen LogP contribution >= 0.6 is 0 Å². The highest BCUT2D eigenvalue weighted by atomic mass is 16.1. The molecular formula is C22H28N2O2. The van der Waals surface area contributed by atoms with Crippen molar-refractivity contribution < 1.29 is 9.59 Å². The molecule has 2 rings (SSSR count). The molecule has 0 radical (unpaired) electrons. The van der Waals surface area contributed by atoms with Crippen LogP contribution in [0.2, 0.25) is 0 Å². The maximum atomic E-state index is 11.6. The van der Waals surface area contributed by atoms with E-state index in [0.29, 0.717) is 23.0 Å². The van der Waals surface area contributed by atoms with E-state index in [4.69, 9.17) is 11.5 Å². The Morgan fingerprint density at radius 2 is 1.38 bits per heavy atom. The summed E-state index contributed by atoms with van der Waals surface area (Å²) in [5.41, 5.74) is 15.4. The summed E-state index contributed by atoms with van der Waals surface area (Å²) in [7, 11) is 0. The van der Waals surface area contributed by atoms with Crippen molar-refractivity contribution in [3.05, 3.63) is 70.3 Å². The summed E-state index contributed by atoms with van der Waals surface area (Å²) in [6.07, 6.45) is 2.67. The number of nitrogens with two attached hydrogens (primary N) is 2. The molecule has 0 fully saturated rings. The van der Waals surface area contributed by atoms with E-state index in [-0.39, 0.29) is 5.91 Å². The molecule has 4 nitrogen and oxygen atoms in total. The van der Waals surface area contributed by atoms with Crippen LogP contribution in [-0.4, -0.2) is 11.8 Å². The van der Waals surface area contributed by atoms with Crippen molar-refractivity contribution in [3.8, 4) is 0 Å². The quantitative estimate of drug-likeness (QED) is 0.762. The van der Waals surface area contributed by atoms with E-state index >= 15 is 0 Å². The lowest BCUT2D eigenvalue weighted by Gasteiger charge is -2.15. The van der Waals surface area contributed by atoms with Crippen LogP contribution in [0.5, 0.6) is 0 Å². The molecule has 4 N–H and O–H groups in total. The Balaban J connectivity index is 2.09. The standard InChI is InChI=1S/C22H28N2O2/c1-14(2)10-19-13-17(6-9-20(19)22(24)26)12-15(3)11-16-4-7-18(8-5-16)21(23)25/h4-9,13-15H,10-12H2,1-3H3,(H2,23,25)(H2,24,26). The molecule has 0 heterocycles. The van der Waals surface area contributed by atoms with E-state index < -0.39 is 5.91 Å². The maximum absolute atomic E-state index is 11.6. The first-order valence-electron chi connectivity index (χ1n) is 9.06. The van der Waals surface area contributed by atoms with Gasteiger partial charge >= 0.3 is 0 Å². The predicted molar refractivity (Wildman–Crippen MR) is 105 cm³/mol. The number of carbonyl (C=O) groups is 2. The van der Waals surface area contributed by atoms with E-state index in [1.54, 1.807) is 12.1 Å². The molecule has 2 aromatic rings. The SMILES string of the molecule is CC(C)Cc1cc(CC(C)Cc2ccc(C(N)=O)cc2)ccc1C(N)=O. The minimum atomic E-state index is -0.406. The van der Waals surface area contributed by atoms with Crippen LogP contribution in [0.1, 0.15) is 58.2 Å². The van der Waals surface area contributed by atoms with Gasteiger partial charge in [-0.15, -0.1) is 0 Å². The second kappa shape index (κ2) is 8.65. The molecule has 0 aliphatic heterocycles. The molecule has 0 aliphatic rings. The Morgan fingerprint density at radius 1 is 0.808 bits per heavy atom. The van der Waals surface area contributed by atoms with Crippen molar-refractivity contribution in [2.75, 3.05) is 0 Å². The number of hydrogen-bond donors (Lipinski definition) is 2. The smallest absolute Gasteiger partial charge is 0.248 e. The highest BCUT2D eigenvalue weighted by Gasteiger charge is 2.12. The van der Waals surface area contributed by atoms with Crippen molar-refractivity contribution in [3.63, 3.8) is 0 Å². The van der Waals surface area contributed by atoms with E-state index in [1.807, 2.05) is 24.3 Å². The fraction of sp³-hybridized carbons (Fsp3) is 0.364. The molecule has 138 valence electrons. The van der Waals surface area contributed by atoms with Crippen LogP contribution in [0.4, 0.5) is 0 Å². The Bertz CT molecular complexity index is 779.